The molecule has 6 nitrogen and oxygen atoms in total. The summed E-state index contributed by atoms with van der Waals surface area (Å²) in [6, 6.07) is 17.9. The smallest absolute Gasteiger partial charge is 0.244 e. The topological polar surface area (TPSA) is 64.7 Å². The van der Waals surface area contributed by atoms with Crippen molar-refractivity contribution in [2.24, 2.45) is 0 Å². The summed E-state index contributed by atoms with van der Waals surface area (Å²) in [6.45, 7) is 8.14. The van der Waals surface area contributed by atoms with Crippen molar-refractivity contribution >= 4 is 23.6 Å². The van der Waals surface area contributed by atoms with E-state index < -0.39 is 0 Å². The third-order valence-corrected chi connectivity index (χ3v) is 5.10. The van der Waals surface area contributed by atoms with Gasteiger partial charge in [-0.05, 0) is 29.3 Å². The van der Waals surface area contributed by atoms with Gasteiger partial charge in [0.1, 0.15) is 0 Å². The highest BCUT2D eigenvalue weighted by atomic mass is 16.2. The van der Waals surface area contributed by atoms with Crippen LogP contribution in [0.2, 0.25) is 0 Å². The highest BCUT2D eigenvalue weighted by Gasteiger charge is 2.16. The van der Waals surface area contributed by atoms with E-state index >= 15 is 0 Å². The summed E-state index contributed by atoms with van der Waals surface area (Å²) in [5, 5.41) is 5.67. The molecule has 2 amide bonds. The molecule has 2 aromatic rings. The Kier molecular flexibility index (Phi) is 8.18. The Bertz CT molecular complexity index is 841. The molecule has 158 valence electrons. The number of rotatable bonds is 8. The highest BCUT2D eigenvalue weighted by molar-refractivity contribution is 5.92. The normalized spacial score (nSPS) is 15.2. The first-order valence-corrected chi connectivity index (χ1v) is 10.4. The molecular weight excluding hydrogens is 376 g/mol. The van der Waals surface area contributed by atoms with Gasteiger partial charge in [-0.1, -0.05) is 42.5 Å². The number of piperazine rings is 1. The fraction of sp³-hybridized carbons (Fsp3) is 0.333. The third kappa shape index (κ3) is 7.46. The molecule has 2 aromatic carbocycles. The minimum Gasteiger partial charge on any atom is -0.351 e. The van der Waals surface area contributed by atoms with Crippen LogP contribution in [0.5, 0.6) is 0 Å². The number of anilines is 1. The van der Waals surface area contributed by atoms with E-state index in [1.807, 2.05) is 24.3 Å². The molecule has 30 heavy (non-hydrogen) atoms. The summed E-state index contributed by atoms with van der Waals surface area (Å²) in [4.78, 5) is 28.0. The average molecular weight is 407 g/mol. The number of amides is 2. The number of carbonyl (C=O) groups excluding carboxylic acids is 2. The van der Waals surface area contributed by atoms with Crippen molar-refractivity contribution in [2.75, 3.05) is 44.6 Å². The minimum atomic E-state index is -0.102. The number of nitrogens with zero attached hydrogens (tertiary/aromatic N) is 2. The second-order valence-corrected chi connectivity index (χ2v) is 7.53. The van der Waals surface area contributed by atoms with E-state index in [2.05, 4.69) is 50.8 Å². The minimum absolute atomic E-state index is 0.0938. The van der Waals surface area contributed by atoms with Crippen LogP contribution >= 0.6 is 0 Å². The molecule has 6 heteroatoms. The quantitative estimate of drug-likeness (QED) is 0.662. The second kappa shape index (κ2) is 11.3. The molecule has 0 spiro atoms. The van der Waals surface area contributed by atoms with Crippen LogP contribution in [-0.4, -0.2) is 60.9 Å². The van der Waals surface area contributed by atoms with Gasteiger partial charge in [-0.3, -0.25) is 19.4 Å². The van der Waals surface area contributed by atoms with E-state index in [4.69, 9.17) is 0 Å². The maximum absolute atomic E-state index is 12.0. The monoisotopic (exact) mass is 406 g/mol. The van der Waals surface area contributed by atoms with E-state index in [1.165, 1.54) is 12.5 Å². The fourth-order valence-corrected chi connectivity index (χ4v) is 3.46. The summed E-state index contributed by atoms with van der Waals surface area (Å²) < 4.78 is 0. The molecular formula is C24H30N4O2. The molecule has 0 radical (unpaired) electrons. The molecule has 0 saturated carbocycles. The number of hydrogen-bond donors (Lipinski definition) is 2. The van der Waals surface area contributed by atoms with E-state index in [1.54, 1.807) is 12.2 Å². The van der Waals surface area contributed by atoms with E-state index in [0.717, 1.165) is 50.5 Å². The van der Waals surface area contributed by atoms with Crippen LogP contribution in [0.25, 0.3) is 6.08 Å². The SMILES string of the molecule is CC(=O)Nc1ccc(/C=C/C(=O)NCCN2CCN(Cc3ccccc3)CC2)cc1. The number of benzene rings is 2. The van der Waals surface area contributed by atoms with Crippen LogP contribution < -0.4 is 10.6 Å². The Morgan fingerprint density at radius 2 is 1.60 bits per heavy atom. The molecule has 3 rings (SSSR count). The van der Waals surface area contributed by atoms with Crippen molar-refractivity contribution in [1.29, 1.82) is 0 Å². The standard InChI is InChI=1S/C24H30N4O2/c1-20(29)26-23-10-7-21(8-11-23)9-12-24(30)25-13-14-27-15-17-28(18-16-27)19-22-5-3-2-4-6-22/h2-12H,13-19H2,1H3,(H,25,30)(H,26,29)/b12-9+. The van der Waals surface area contributed by atoms with Gasteiger partial charge in [-0.2, -0.15) is 0 Å². The molecule has 1 heterocycles. The van der Waals surface area contributed by atoms with E-state index in [0.29, 0.717) is 6.54 Å². The van der Waals surface area contributed by atoms with Crippen LogP contribution in [0.3, 0.4) is 0 Å². The molecule has 1 fully saturated rings. The average Bonchev–Trinajstić information content (AvgIpc) is 2.75. The first-order chi connectivity index (χ1) is 14.6. The predicted molar refractivity (Wildman–Crippen MR) is 121 cm³/mol. The van der Waals surface area contributed by atoms with Gasteiger partial charge in [0.25, 0.3) is 0 Å². The zero-order valence-electron chi connectivity index (χ0n) is 17.5. The van der Waals surface area contributed by atoms with Gasteiger partial charge in [0.05, 0.1) is 0 Å². The van der Waals surface area contributed by atoms with Crippen molar-refractivity contribution in [2.45, 2.75) is 13.5 Å². The Morgan fingerprint density at radius 1 is 0.933 bits per heavy atom. The first kappa shape index (κ1) is 21.7. The first-order valence-electron chi connectivity index (χ1n) is 10.4. The van der Waals surface area contributed by atoms with Gasteiger partial charge in [-0.15, -0.1) is 0 Å². The lowest BCUT2D eigenvalue weighted by atomic mass is 10.2. The van der Waals surface area contributed by atoms with Crippen LogP contribution in [-0.2, 0) is 16.1 Å². The number of nitrogens with one attached hydrogen (secondary N) is 2. The van der Waals surface area contributed by atoms with E-state index in [9.17, 15) is 9.59 Å². The molecule has 0 bridgehead atoms. The maximum atomic E-state index is 12.0. The summed E-state index contributed by atoms with van der Waals surface area (Å²) in [5.41, 5.74) is 3.01. The van der Waals surface area contributed by atoms with Gasteiger partial charge in [0, 0.05) is 64.5 Å². The molecule has 1 aliphatic rings. The molecule has 1 saturated heterocycles. The van der Waals surface area contributed by atoms with Gasteiger partial charge in [0.2, 0.25) is 11.8 Å². The molecule has 0 unspecified atom stereocenters. The molecule has 0 aromatic heterocycles. The third-order valence-electron chi connectivity index (χ3n) is 5.10. The number of carbonyl (C=O) groups is 2. The molecule has 2 N–H and O–H groups in total. The fourth-order valence-electron chi connectivity index (χ4n) is 3.46. The second-order valence-electron chi connectivity index (χ2n) is 7.53. The zero-order chi connectivity index (χ0) is 21.2. The lowest BCUT2D eigenvalue weighted by Gasteiger charge is -2.34. The maximum Gasteiger partial charge on any atom is 0.244 e. The lowest BCUT2D eigenvalue weighted by molar-refractivity contribution is -0.116. The molecule has 0 atom stereocenters. The van der Waals surface area contributed by atoms with Crippen LogP contribution in [0, 0.1) is 0 Å². The molecule has 1 aliphatic heterocycles. The zero-order valence-corrected chi connectivity index (χ0v) is 17.5. The lowest BCUT2D eigenvalue weighted by Crippen LogP contribution is -2.47. The summed E-state index contributed by atoms with van der Waals surface area (Å²) in [7, 11) is 0. The van der Waals surface area contributed by atoms with Gasteiger partial charge in [-0.25, -0.2) is 0 Å². The Labute approximate surface area is 178 Å². The Balaban J connectivity index is 1.32. The Hall–Kier alpha value is -2.96. The summed E-state index contributed by atoms with van der Waals surface area (Å²) >= 11 is 0. The Morgan fingerprint density at radius 3 is 2.27 bits per heavy atom. The van der Waals surface area contributed by atoms with Crippen molar-refractivity contribution in [3.05, 3.63) is 71.8 Å². The van der Waals surface area contributed by atoms with Gasteiger partial charge < -0.3 is 10.6 Å². The van der Waals surface area contributed by atoms with Gasteiger partial charge >= 0.3 is 0 Å². The van der Waals surface area contributed by atoms with Gasteiger partial charge in [0.15, 0.2) is 0 Å². The van der Waals surface area contributed by atoms with Crippen molar-refractivity contribution in [3.8, 4) is 0 Å². The largest absolute Gasteiger partial charge is 0.351 e. The van der Waals surface area contributed by atoms with Crippen molar-refractivity contribution in [3.63, 3.8) is 0 Å². The van der Waals surface area contributed by atoms with Crippen molar-refractivity contribution in [1.82, 2.24) is 15.1 Å². The number of hydrogen-bond acceptors (Lipinski definition) is 4. The summed E-state index contributed by atoms with van der Waals surface area (Å²) in [5.74, 6) is -0.195. The molecule has 0 aliphatic carbocycles. The van der Waals surface area contributed by atoms with E-state index in [-0.39, 0.29) is 11.8 Å². The van der Waals surface area contributed by atoms with Crippen LogP contribution in [0.1, 0.15) is 18.1 Å². The predicted octanol–water partition coefficient (Wildman–Crippen LogP) is 2.59. The van der Waals surface area contributed by atoms with Crippen molar-refractivity contribution < 1.29 is 9.59 Å². The highest BCUT2D eigenvalue weighted by Crippen LogP contribution is 2.11. The summed E-state index contributed by atoms with van der Waals surface area (Å²) in [6.07, 6.45) is 3.32. The van der Waals surface area contributed by atoms with Crippen LogP contribution in [0.15, 0.2) is 60.7 Å². The van der Waals surface area contributed by atoms with Crippen LogP contribution in [0.4, 0.5) is 5.69 Å².